The lowest BCUT2D eigenvalue weighted by Crippen LogP contribution is -2.29. The van der Waals surface area contributed by atoms with Crippen LogP contribution < -0.4 is 5.32 Å². The third kappa shape index (κ3) is 4.77. The largest absolute Gasteiger partial charge is 0.392 e. The maximum atomic E-state index is 9.57. The summed E-state index contributed by atoms with van der Waals surface area (Å²) in [5.74, 6) is 0.495. The van der Waals surface area contributed by atoms with E-state index < -0.39 is 0 Å². The van der Waals surface area contributed by atoms with E-state index >= 15 is 0 Å². The molecule has 0 fully saturated rings. The fraction of sp³-hybridized carbons (Fsp3) is 0.571. The first-order valence-corrected chi connectivity index (χ1v) is 6.17. The van der Waals surface area contributed by atoms with Gasteiger partial charge in [0.2, 0.25) is 0 Å². The molecule has 0 saturated heterocycles. The van der Waals surface area contributed by atoms with Gasteiger partial charge in [-0.05, 0) is 17.9 Å². The molecular weight excluding hydrogens is 198 g/mol. The Morgan fingerprint density at radius 2 is 1.88 bits per heavy atom. The minimum absolute atomic E-state index is 0.201. The van der Waals surface area contributed by atoms with Crippen LogP contribution in [-0.4, -0.2) is 24.3 Å². The summed E-state index contributed by atoms with van der Waals surface area (Å²) in [7, 11) is 0. The summed E-state index contributed by atoms with van der Waals surface area (Å²) < 4.78 is 0. The molecule has 2 nitrogen and oxygen atoms in total. The summed E-state index contributed by atoms with van der Waals surface area (Å²) in [6.07, 6.45) is 1.72. The Labute approximate surface area is 98.7 Å². The molecule has 2 unspecified atom stereocenters. The molecule has 0 spiro atoms. The van der Waals surface area contributed by atoms with Crippen LogP contribution in [0.3, 0.4) is 0 Å². The second kappa shape index (κ2) is 7.42. The third-order valence-electron chi connectivity index (χ3n) is 2.82. The standard InChI is InChI=1S/C14H23NO/c1-3-7-14(16)11-15-10-12(2)13-8-5-4-6-9-13/h4-6,8-9,12,14-16H,3,7,10-11H2,1-2H3. The topological polar surface area (TPSA) is 32.3 Å². The van der Waals surface area contributed by atoms with Gasteiger partial charge in [-0.2, -0.15) is 0 Å². The molecule has 0 bridgehead atoms. The summed E-state index contributed by atoms with van der Waals surface area (Å²) in [6.45, 7) is 5.92. The molecule has 0 amide bonds. The monoisotopic (exact) mass is 221 g/mol. The van der Waals surface area contributed by atoms with E-state index in [1.807, 2.05) is 6.07 Å². The van der Waals surface area contributed by atoms with Gasteiger partial charge in [0.25, 0.3) is 0 Å². The van der Waals surface area contributed by atoms with E-state index in [0.29, 0.717) is 12.5 Å². The molecule has 0 aliphatic heterocycles. The van der Waals surface area contributed by atoms with E-state index in [0.717, 1.165) is 19.4 Å². The molecular formula is C14H23NO. The quantitative estimate of drug-likeness (QED) is 0.741. The molecule has 1 aromatic rings. The van der Waals surface area contributed by atoms with Gasteiger partial charge in [-0.1, -0.05) is 50.6 Å². The average Bonchev–Trinajstić information content (AvgIpc) is 2.30. The van der Waals surface area contributed by atoms with Crippen LogP contribution in [0.15, 0.2) is 30.3 Å². The first kappa shape index (κ1) is 13.2. The molecule has 16 heavy (non-hydrogen) atoms. The lowest BCUT2D eigenvalue weighted by molar-refractivity contribution is 0.160. The Morgan fingerprint density at radius 3 is 2.50 bits per heavy atom. The van der Waals surface area contributed by atoms with E-state index in [1.54, 1.807) is 0 Å². The Kier molecular flexibility index (Phi) is 6.12. The van der Waals surface area contributed by atoms with Crippen molar-refractivity contribution in [3.05, 3.63) is 35.9 Å². The Hall–Kier alpha value is -0.860. The van der Waals surface area contributed by atoms with Gasteiger partial charge in [0, 0.05) is 13.1 Å². The van der Waals surface area contributed by atoms with Crippen LogP contribution in [0.4, 0.5) is 0 Å². The summed E-state index contributed by atoms with van der Waals surface area (Å²) >= 11 is 0. The van der Waals surface area contributed by atoms with Crippen molar-refractivity contribution < 1.29 is 5.11 Å². The first-order chi connectivity index (χ1) is 7.74. The zero-order valence-electron chi connectivity index (χ0n) is 10.3. The van der Waals surface area contributed by atoms with Crippen LogP contribution in [-0.2, 0) is 0 Å². The molecule has 0 saturated carbocycles. The molecule has 0 aromatic heterocycles. The summed E-state index contributed by atoms with van der Waals surface area (Å²) in [5, 5.41) is 12.9. The predicted molar refractivity (Wildman–Crippen MR) is 68.6 cm³/mol. The number of hydrogen-bond acceptors (Lipinski definition) is 2. The highest BCUT2D eigenvalue weighted by Crippen LogP contribution is 2.12. The molecule has 0 radical (unpaired) electrons. The summed E-state index contributed by atoms with van der Waals surface area (Å²) in [4.78, 5) is 0. The van der Waals surface area contributed by atoms with Gasteiger partial charge in [0.1, 0.15) is 0 Å². The highest BCUT2D eigenvalue weighted by molar-refractivity contribution is 5.18. The Bertz CT molecular complexity index is 273. The SMILES string of the molecule is CCCC(O)CNCC(C)c1ccccc1. The zero-order chi connectivity index (χ0) is 11.8. The van der Waals surface area contributed by atoms with Crippen molar-refractivity contribution in [1.82, 2.24) is 5.32 Å². The lowest BCUT2D eigenvalue weighted by Gasteiger charge is -2.15. The first-order valence-electron chi connectivity index (χ1n) is 6.17. The molecule has 2 atom stereocenters. The number of nitrogens with one attached hydrogen (secondary N) is 1. The number of aliphatic hydroxyl groups is 1. The second-order valence-corrected chi connectivity index (χ2v) is 4.41. The number of rotatable bonds is 7. The van der Waals surface area contributed by atoms with Gasteiger partial charge in [0.15, 0.2) is 0 Å². The van der Waals surface area contributed by atoms with Gasteiger partial charge >= 0.3 is 0 Å². The highest BCUT2D eigenvalue weighted by atomic mass is 16.3. The maximum Gasteiger partial charge on any atom is 0.0664 e. The predicted octanol–water partition coefficient (Wildman–Crippen LogP) is 2.54. The van der Waals surface area contributed by atoms with Gasteiger partial charge in [0.05, 0.1) is 6.10 Å². The fourth-order valence-electron chi connectivity index (χ4n) is 1.80. The minimum Gasteiger partial charge on any atom is -0.392 e. The van der Waals surface area contributed by atoms with Crippen LogP contribution in [0.1, 0.15) is 38.2 Å². The molecule has 90 valence electrons. The van der Waals surface area contributed by atoms with Crippen molar-refractivity contribution in [3.63, 3.8) is 0 Å². The van der Waals surface area contributed by atoms with Crippen LogP contribution in [0.5, 0.6) is 0 Å². The highest BCUT2D eigenvalue weighted by Gasteiger charge is 2.06. The van der Waals surface area contributed by atoms with Crippen molar-refractivity contribution >= 4 is 0 Å². The Balaban J connectivity index is 2.23. The van der Waals surface area contributed by atoms with E-state index in [4.69, 9.17) is 0 Å². The number of hydrogen-bond donors (Lipinski definition) is 2. The van der Waals surface area contributed by atoms with Crippen LogP contribution >= 0.6 is 0 Å². The van der Waals surface area contributed by atoms with Crippen LogP contribution in [0.2, 0.25) is 0 Å². The van der Waals surface area contributed by atoms with E-state index in [2.05, 4.69) is 43.4 Å². The van der Waals surface area contributed by atoms with Crippen molar-refractivity contribution in [1.29, 1.82) is 0 Å². The molecule has 0 aliphatic rings. The van der Waals surface area contributed by atoms with E-state index in [-0.39, 0.29) is 6.10 Å². The molecule has 0 aliphatic carbocycles. The van der Waals surface area contributed by atoms with Gasteiger partial charge in [-0.3, -0.25) is 0 Å². The number of aliphatic hydroxyl groups excluding tert-OH is 1. The summed E-state index contributed by atoms with van der Waals surface area (Å²) in [5.41, 5.74) is 1.35. The molecule has 2 N–H and O–H groups in total. The molecule has 1 rings (SSSR count). The van der Waals surface area contributed by atoms with E-state index in [9.17, 15) is 5.11 Å². The van der Waals surface area contributed by atoms with Gasteiger partial charge in [-0.15, -0.1) is 0 Å². The Morgan fingerprint density at radius 1 is 1.19 bits per heavy atom. The van der Waals surface area contributed by atoms with Crippen LogP contribution in [0, 0.1) is 0 Å². The molecule has 1 aromatic carbocycles. The average molecular weight is 221 g/mol. The summed E-state index contributed by atoms with van der Waals surface area (Å²) in [6, 6.07) is 10.5. The van der Waals surface area contributed by atoms with Crippen molar-refractivity contribution in [2.45, 2.75) is 38.7 Å². The fourth-order valence-corrected chi connectivity index (χ4v) is 1.80. The normalized spacial score (nSPS) is 14.7. The van der Waals surface area contributed by atoms with Crippen molar-refractivity contribution in [3.8, 4) is 0 Å². The lowest BCUT2D eigenvalue weighted by atomic mass is 10.0. The van der Waals surface area contributed by atoms with E-state index in [1.165, 1.54) is 5.56 Å². The van der Waals surface area contributed by atoms with Crippen LogP contribution in [0.25, 0.3) is 0 Å². The number of benzene rings is 1. The molecule has 2 heteroatoms. The van der Waals surface area contributed by atoms with Crippen molar-refractivity contribution in [2.24, 2.45) is 0 Å². The second-order valence-electron chi connectivity index (χ2n) is 4.41. The smallest absolute Gasteiger partial charge is 0.0664 e. The maximum absolute atomic E-state index is 9.57. The molecule has 0 heterocycles. The minimum atomic E-state index is -0.201. The zero-order valence-corrected chi connectivity index (χ0v) is 10.3. The van der Waals surface area contributed by atoms with Gasteiger partial charge in [-0.25, -0.2) is 0 Å². The van der Waals surface area contributed by atoms with Crippen molar-refractivity contribution in [2.75, 3.05) is 13.1 Å². The third-order valence-corrected chi connectivity index (χ3v) is 2.82. The van der Waals surface area contributed by atoms with Gasteiger partial charge < -0.3 is 10.4 Å².